The van der Waals surface area contributed by atoms with E-state index in [1.54, 1.807) is 6.20 Å². The summed E-state index contributed by atoms with van der Waals surface area (Å²) in [6.07, 6.45) is 10.9. The maximum atomic E-state index is 12.4. The fourth-order valence-electron chi connectivity index (χ4n) is 3.38. The molecular weight excluding hydrogens is 316 g/mol. The lowest BCUT2D eigenvalue weighted by molar-refractivity contribution is 0.179. The number of urea groups is 1. The molecule has 2 fully saturated rings. The summed E-state index contributed by atoms with van der Waals surface area (Å²) in [7, 11) is 0. The van der Waals surface area contributed by atoms with Crippen molar-refractivity contribution in [3.05, 3.63) is 41.7 Å². The molecule has 1 saturated carbocycles. The van der Waals surface area contributed by atoms with E-state index in [4.69, 9.17) is 0 Å². The van der Waals surface area contributed by atoms with Gasteiger partial charge in [-0.25, -0.2) is 14.8 Å². The zero-order chi connectivity index (χ0) is 17.1. The number of likely N-dealkylation sites (tertiary alicyclic amines) is 1. The fourth-order valence-corrected chi connectivity index (χ4v) is 3.38. The summed E-state index contributed by atoms with van der Waals surface area (Å²) in [6.45, 7) is 2.17. The van der Waals surface area contributed by atoms with Crippen LogP contribution in [0.3, 0.4) is 0 Å². The SMILES string of the molecule is O=C(NCCc1cnc(C2CC2)nc1)N1CCC[C@H](c2ccn[nH]2)C1. The second-order valence-corrected chi connectivity index (χ2v) is 7.00. The predicted octanol–water partition coefficient (Wildman–Crippen LogP) is 2.21. The summed E-state index contributed by atoms with van der Waals surface area (Å²) in [5, 5.41) is 10.1. The second kappa shape index (κ2) is 7.21. The van der Waals surface area contributed by atoms with Gasteiger partial charge in [0, 0.05) is 55.8 Å². The Morgan fingerprint density at radius 3 is 2.80 bits per heavy atom. The van der Waals surface area contributed by atoms with Gasteiger partial charge in [-0.1, -0.05) is 0 Å². The first-order chi connectivity index (χ1) is 12.3. The van der Waals surface area contributed by atoms with Gasteiger partial charge in [0.25, 0.3) is 0 Å². The minimum absolute atomic E-state index is 0.0136. The molecule has 132 valence electrons. The van der Waals surface area contributed by atoms with Crippen LogP contribution in [0.1, 0.15) is 54.6 Å². The van der Waals surface area contributed by atoms with Crippen LogP contribution in [0.15, 0.2) is 24.7 Å². The quantitative estimate of drug-likeness (QED) is 0.874. The number of rotatable bonds is 5. The molecule has 7 heteroatoms. The number of nitrogens with zero attached hydrogens (tertiary/aromatic N) is 4. The minimum atomic E-state index is 0.0136. The number of aromatic nitrogens is 4. The summed E-state index contributed by atoms with van der Waals surface area (Å²) >= 11 is 0. The van der Waals surface area contributed by atoms with E-state index in [-0.39, 0.29) is 6.03 Å². The second-order valence-electron chi connectivity index (χ2n) is 7.00. The molecule has 0 spiro atoms. The summed E-state index contributed by atoms with van der Waals surface area (Å²) in [6, 6.07) is 2.01. The Morgan fingerprint density at radius 2 is 2.08 bits per heavy atom. The minimum Gasteiger partial charge on any atom is -0.338 e. The Kier molecular flexibility index (Phi) is 4.63. The Morgan fingerprint density at radius 1 is 1.24 bits per heavy atom. The molecule has 1 atom stereocenters. The molecule has 2 aromatic rings. The van der Waals surface area contributed by atoms with Crippen molar-refractivity contribution in [2.75, 3.05) is 19.6 Å². The molecule has 0 radical (unpaired) electrons. The van der Waals surface area contributed by atoms with Gasteiger partial charge in [-0.2, -0.15) is 5.10 Å². The van der Waals surface area contributed by atoms with Gasteiger partial charge in [-0.05, 0) is 43.7 Å². The highest BCUT2D eigenvalue weighted by Crippen LogP contribution is 2.37. The molecule has 0 aromatic carbocycles. The van der Waals surface area contributed by atoms with Crippen molar-refractivity contribution in [1.29, 1.82) is 0 Å². The van der Waals surface area contributed by atoms with E-state index in [9.17, 15) is 4.79 Å². The lowest BCUT2D eigenvalue weighted by Crippen LogP contribution is -2.45. The first-order valence-corrected chi connectivity index (χ1v) is 9.12. The molecule has 2 aliphatic rings. The molecule has 4 rings (SSSR count). The first-order valence-electron chi connectivity index (χ1n) is 9.12. The highest BCUT2D eigenvalue weighted by atomic mass is 16.2. The van der Waals surface area contributed by atoms with Gasteiger partial charge in [-0.15, -0.1) is 0 Å². The van der Waals surface area contributed by atoms with E-state index in [0.29, 0.717) is 18.4 Å². The molecule has 1 aliphatic carbocycles. The van der Waals surface area contributed by atoms with E-state index in [1.165, 1.54) is 12.8 Å². The molecule has 0 bridgehead atoms. The number of carbonyl (C=O) groups excluding carboxylic acids is 1. The third-order valence-corrected chi connectivity index (χ3v) is 5.03. The molecule has 1 saturated heterocycles. The van der Waals surface area contributed by atoms with Gasteiger partial charge in [-0.3, -0.25) is 5.10 Å². The van der Waals surface area contributed by atoms with Gasteiger partial charge in [0.1, 0.15) is 5.82 Å². The van der Waals surface area contributed by atoms with Crippen molar-refractivity contribution in [3.8, 4) is 0 Å². The van der Waals surface area contributed by atoms with E-state index < -0.39 is 0 Å². The normalized spacial score (nSPS) is 20.5. The van der Waals surface area contributed by atoms with E-state index in [2.05, 4.69) is 25.5 Å². The Hall–Kier alpha value is -2.44. The zero-order valence-electron chi connectivity index (χ0n) is 14.3. The third-order valence-electron chi connectivity index (χ3n) is 5.03. The summed E-state index contributed by atoms with van der Waals surface area (Å²) in [5.41, 5.74) is 2.18. The van der Waals surface area contributed by atoms with Gasteiger partial charge >= 0.3 is 6.03 Å². The van der Waals surface area contributed by atoms with Gasteiger partial charge in [0.2, 0.25) is 0 Å². The van der Waals surface area contributed by atoms with Crippen LogP contribution in [0.4, 0.5) is 4.79 Å². The average molecular weight is 340 g/mol. The number of aromatic amines is 1. The van der Waals surface area contributed by atoms with E-state index >= 15 is 0 Å². The van der Waals surface area contributed by atoms with Crippen molar-refractivity contribution >= 4 is 6.03 Å². The molecule has 2 amide bonds. The van der Waals surface area contributed by atoms with Crippen molar-refractivity contribution in [3.63, 3.8) is 0 Å². The van der Waals surface area contributed by atoms with E-state index in [1.807, 2.05) is 23.4 Å². The van der Waals surface area contributed by atoms with Gasteiger partial charge < -0.3 is 10.2 Å². The Bertz CT molecular complexity index is 695. The number of H-pyrrole nitrogens is 1. The van der Waals surface area contributed by atoms with Crippen LogP contribution in [0.5, 0.6) is 0 Å². The van der Waals surface area contributed by atoms with Crippen LogP contribution in [-0.4, -0.2) is 50.7 Å². The topological polar surface area (TPSA) is 86.8 Å². The maximum Gasteiger partial charge on any atom is 0.317 e. The lowest BCUT2D eigenvalue weighted by atomic mass is 9.95. The molecule has 7 nitrogen and oxygen atoms in total. The van der Waals surface area contributed by atoms with Crippen LogP contribution in [0, 0.1) is 0 Å². The predicted molar refractivity (Wildman–Crippen MR) is 93.2 cm³/mol. The largest absolute Gasteiger partial charge is 0.338 e. The summed E-state index contributed by atoms with van der Waals surface area (Å²) < 4.78 is 0. The maximum absolute atomic E-state index is 12.4. The number of piperidine rings is 1. The monoisotopic (exact) mass is 340 g/mol. The van der Waals surface area contributed by atoms with E-state index in [0.717, 1.165) is 49.4 Å². The molecule has 0 unspecified atom stereocenters. The van der Waals surface area contributed by atoms with Gasteiger partial charge in [0.15, 0.2) is 0 Å². The number of nitrogens with one attached hydrogen (secondary N) is 2. The van der Waals surface area contributed by atoms with Crippen molar-refractivity contribution in [2.45, 2.75) is 43.9 Å². The Balaban J connectivity index is 1.24. The van der Waals surface area contributed by atoms with Crippen LogP contribution in [-0.2, 0) is 6.42 Å². The van der Waals surface area contributed by atoms with Crippen LogP contribution in [0.25, 0.3) is 0 Å². The van der Waals surface area contributed by atoms with Crippen LogP contribution < -0.4 is 5.32 Å². The lowest BCUT2D eigenvalue weighted by Gasteiger charge is -2.32. The molecule has 3 heterocycles. The highest BCUT2D eigenvalue weighted by molar-refractivity contribution is 5.74. The number of amides is 2. The highest BCUT2D eigenvalue weighted by Gasteiger charge is 2.26. The summed E-state index contributed by atoms with van der Waals surface area (Å²) in [4.78, 5) is 23.2. The Labute approximate surface area is 147 Å². The fraction of sp³-hybridized carbons (Fsp3) is 0.556. The molecule has 2 N–H and O–H groups in total. The van der Waals surface area contributed by atoms with Crippen LogP contribution >= 0.6 is 0 Å². The molecule has 2 aromatic heterocycles. The molecule has 1 aliphatic heterocycles. The smallest absolute Gasteiger partial charge is 0.317 e. The standard InChI is InChI=1S/C18H24N6O/c25-18(24-9-1-2-15(12-24)16-6-8-22-23-16)19-7-5-13-10-20-17(21-11-13)14-3-4-14/h6,8,10-11,14-15H,1-5,7,9,12H2,(H,19,25)(H,22,23)/t15-/m0/s1. The molecule has 25 heavy (non-hydrogen) atoms. The average Bonchev–Trinajstić information content (AvgIpc) is 3.36. The van der Waals surface area contributed by atoms with Crippen molar-refractivity contribution in [1.82, 2.24) is 30.4 Å². The first kappa shape index (κ1) is 16.1. The van der Waals surface area contributed by atoms with Crippen LogP contribution in [0.2, 0.25) is 0 Å². The number of hydrogen-bond donors (Lipinski definition) is 2. The molecular formula is C18H24N6O. The van der Waals surface area contributed by atoms with Crippen molar-refractivity contribution < 1.29 is 4.79 Å². The summed E-state index contributed by atoms with van der Waals surface area (Å²) in [5.74, 6) is 1.90. The van der Waals surface area contributed by atoms with Crippen molar-refractivity contribution in [2.24, 2.45) is 0 Å². The number of hydrogen-bond acceptors (Lipinski definition) is 4. The third kappa shape index (κ3) is 3.97. The number of carbonyl (C=O) groups is 1. The van der Waals surface area contributed by atoms with Gasteiger partial charge in [0.05, 0.1) is 0 Å². The zero-order valence-corrected chi connectivity index (χ0v) is 14.3.